The van der Waals surface area contributed by atoms with E-state index in [0.29, 0.717) is 0 Å². The van der Waals surface area contributed by atoms with Crippen LogP contribution in [0.3, 0.4) is 0 Å². The minimum atomic E-state index is 1.09. The van der Waals surface area contributed by atoms with Crippen LogP contribution >= 0.6 is 181 Å². The molecule has 1 aliphatic rings. The van der Waals surface area contributed by atoms with Crippen LogP contribution in [0.2, 0.25) is 0 Å². The highest BCUT2D eigenvalue weighted by atomic mass is 127. The second-order valence-electron chi connectivity index (χ2n) is 11.6. The summed E-state index contributed by atoms with van der Waals surface area (Å²) < 4.78 is 9.93. The Morgan fingerprint density at radius 3 is 0.646 bits per heavy atom. The second kappa shape index (κ2) is 13.0. The predicted molar refractivity (Wildman–Crippen MR) is 268 cm³/mol. The van der Waals surface area contributed by atoms with Gasteiger partial charge in [-0.25, -0.2) is 0 Å². The van der Waals surface area contributed by atoms with E-state index < -0.39 is 0 Å². The summed E-state index contributed by atoms with van der Waals surface area (Å²) >= 11 is 19.6. The number of hydrogen-bond acceptors (Lipinski definition) is 0. The molecule has 0 aliphatic carbocycles. The van der Waals surface area contributed by atoms with Gasteiger partial charge in [-0.05, 0) is 254 Å². The van der Waals surface area contributed by atoms with Crippen LogP contribution in [0.15, 0.2) is 48.5 Å². The zero-order valence-corrected chi connectivity index (χ0v) is 41.2. The molecule has 0 atom stereocenters. The van der Waals surface area contributed by atoms with Gasteiger partial charge in [-0.2, -0.15) is 0 Å². The van der Waals surface area contributed by atoms with Crippen molar-refractivity contribution in [2.45, 2.75) is 0 Å². The van der Waals surface area contributed by atoms with E-state index in [1.54, 1.807) is 0 Å². The maximum atomic E-state index is 3.85. The summed E-state index contributed by atoms with van der Waals surface area (Å²) in [5.41, 5.74) is 4.35. The number of aromatic amines is 4. The molecule has 1 aliphatic heterocycles. The van der Waals surface area contributed by atoms with Crippen LogP contribution in [0, 0.1) is 28.6 Å². The number of H-pyrrole nitrogens is 4. The molecule has 12 heteroatoms. The minimum Gasteiger partial charge on any atom is -0.354 e. The lowest BCUT2D eigenvalue weighted by atomic mass is 10.1. The fraction of sp³-hybridized carbons (Fsp3) is 0. The molecule has 48 heavy (non-hydrogen) atoms. The van der Waals surface area contributed by atoms with Crippen molar-refractivity contribution >= 4 is 248 Å². The third-order valence-electron chi connectivity index (χ3n) is 8.80. The van der Waals surface area contributed by atoms with Gasteiger partial charge in [0.1, 0.15) is 0 Å². The molecule has 4 aromatic heterocycles. The third-order valence-corrected chi connectivity index (χ3v) is 20.1. The first-order valence-corrected chi connectivity index (χ1v) is 23.1. The molecular weight excluding hydrogens is 1500 g/mol. The highest BCUT2D eigenvalue weighted by molar-refractivity contribution is 14.1. The Bertz CT molecular complexity index is 2600. The summed E-state index contributed by atoms with van der Waals surface area (Å²) in [4.78, 5) is 15.4. The molecule has 0 fully saturated rings. The summed E-state index contributed by atoms with van der Waals surface area (Å²) in [5, 5.41) is 14.0. The summed E-state index contributed by atoms with van der Waals surface area (Å²) in [7, 11) is 0. The highest BCUT2D eigenvalue weighted by Gasteiger charge is 2.16. The van der Waals surface area contributed by atoms with Gasteiger partial charge in [-0.3, -0.25) is 0 Å². The van der Waals surface area contributed by atoms with Gasteiger partial charge in [-0.1, -0.05) is 0 Å². The average molecular weight is 1520 g/mol. The van der Waals surface area contributed by atoms with Crippen LogP contribution in [-0.4, -0.2) is 19.9 Å². The van der Waals surface area contributed by atoms with Crippen molar-refractivity contribution in [2.75, 3.05) is 0 Å². The van der Waals surface area contributed by atoms with E-state index in [9.17, 15) is 0 Å². The van der Waals surface area contributed by atoms with Gasteiger partial charge in [0.05, 0.1) is 0 Å². The van der Waals surface area contributed by atoms with E-state index in [2.05, 4.69) is 273 Å². The van der Waals surface area contributed by atoms with E-state index in [-0.39, 0.29) is 0 Å². The monoisotopic (exact) mass is 1520 g/mol. The van der Waals surface area contributed by atoms with Crippen LogP contribution in [0.25, 0.3) is 67.4 Å². The number of aromatic nitrogens is 4. The van der Waals surface area contributed by atoms with Crippen LogP contribution in [0.4, 0.5) is 0 Å². The molecule has 8 aromatic rings. The van der Waals surface area contributed by atoms with Crippen LogP contribution in [0.1, 0.15) is 22.8 Å². The fourth-order valence-electron chi connectivity index (χ4n) is 6.58. The highest BCUT2D eigenvalue weighted by Crippen LogP contribution is 2.32. The number of nitrogens with one attached hydrogen (secondary N) is 4. The van der Waals surface area contributed by atoms with Crippen LogP contribution in [-0.2, 0) is 0 Å². The first-order chi connectivity index (χ1) is 23.0. The van der Waals surface area contributed by atoms with Gasteiger partial charge in [0.15, 0.2) is 0 Å². The quantitative estimate of drug-likeness (QED) is 0.109. The normalized spacial score (nSPS) is 12.8. The second-order valence-corrected chi connectivity index (χ2v) is 20.9. The van der Waals surface area contributed by atoms with E-state index >= 15 is 0 Å². The molecule has 0 spiro atoms. The van der Waals surface area contributed by atoms with Gasteiger partial charge in [0.25, 0.3) is 0 Å². The topological polar surface area (TPSA) is 63.2 Å². The summed E-state index contributed by atoms with van der Waals surface area (Å²) in [6, 6.07) is 18.5. The lowest BCUT2D eigenvalue weighted by molar-refractivity contribution is 1.25. The molecule has 4 aromatic carbocycles. The zero-order valence-electron chi connectivity index (χ0n) is 24.0. The Morgan fingerprint density at radius 2 is 0.438 bits per heavy atom. The van der Waals surface area contributed by atoms with Gasteiger partial charge >= 0.3 is 0 Å². The van der Waals surface area contributed by atoms with Gasteiger partial charge in [0.2, 0.25) is 0 Å². The maximum absolute atomic E-state index is 3.85. The molecule has 0 unspecified atom stereocenters. The van der Waals surface area contributed by atoms with E-state index in [4.69, 9.17) is 0 Å². The SMILES string of the molecule is Ic1cc2c3[nH]c(c2cc1I)C=c1[nH]c(c2cc(I)c(I)cc12)=Cc1[nH]c(c2cc(I)c(I)cc12)C=c1[nH]c(c2cc(I)c(I)cc12)=C3. The van der Waals surface area contributed by atoms with Gasteiger partial charge < -0.3 is 19.9 Å². The first-order valence-electron chi connectivity index (χ1n) is 14.4. The molecule has 9 rings (SSSR count). The smallest absolute Gasteiger partial charge is 0.0486 e. The Kier molecular flexibility index (Phi) is 9.27. The molecule has 5 heterocycles. The Balaban J connectivity index is 1.52. The molecule has 236 valence electrons. The standard InChI is InChI=1S/C36H16I8N4/c37-21-1-13-14(2-22(21)38)30-10-32-17-5-25(41)26(42)6-18(17)34(47-32)12-36-20-8-28(44)27(43)7-19(20)35(48-36)11-33-16-4-24(40)23(39)3-15(16)31(46-33)9-29(13)45-30/h1-12,45-48H. The predicted octanol–water partition coefficient (Wildman–Crippen LogP) is 10.1. The van der Waals surface area contributed by atoms with Crippen molar-refractivity contribution < 1.29 is 0 Å². The van der Waals surface area contributed by atoms with E-state index in [1.165, 1.54) is 71.7 Å². The molecule has 4 N–H and O–H groups in total. The number of benzene rings is 4. The Hall–Kier alpha value is 0.360. The maximum Gasteiger partial charge on any atom is 0.0486 e. The Morgan fingerprint density at radius 1 is 0.250 bits per heavy atom. The molecule has 8 bridgehead atoms. The number of hydrogen-bond donors (Lipinski definition) is 4. The van der Waals surface area contributed by atoms with Crippen molar-refractivity contribution in [1.82, 2.24) is 19.9 Å². The molecule has 0 saturated carbocycles. The zero-order chi connectivity index (χ0) is 33.2. The summed E-state index contributed by atoms with van der Waals surface area (Å²) in [5.74, 6) is 0. The van der Waals surface area contributed by atoms with Crippen molar-refractivity contribution in [1.29, 1.82) is 0 Å². The molecule has 0 radical (unpaired) electrons. The molecule has 4 nitrogen and oxygen atoms in total. The fourth-order valence-corrected chi connectivity index (χ4v) is 10.3. The van der Waals surface area contributed by atoms with Crippen LogP contribution < -0.4 is 21.4 Å². The number of halogens is 8. The number of rotatable bonds is 0. The lowest BCUT2D eigenvalue weighted by Crippen LogP contribution is -2.11. The summed E-state index contributed by atoms with van der Waals surface area (Å²) in [6.45, 7) is 0. The third kappa shape index (κ3) is 5.79. The van der Waals surface area contributed by atoms with Crippen molar-refractivity contribution in [3.8, 4) is 0 Å². The number of fused-ring (bicyclic) bond motifs is 20. The average Bonchev–Trinajstić information content (AvgIpc) is 3.74. The first kappa shape index (κ1) is 34.1. The molecule has 0 amide bonds. The van der Waals surface area contributed by atoms with Gasteiger partial charge in [0, 0.05) is 116 Å². The van der Waals surface area contributed by atoms with Crippen molar-refractivity contribution in [3.05, 3.63) is 121 Å². The summed E-state index contributed by atoms with van der Waals surface area (Å²) in [6.07, 6.45) is 9.16. The van der Waals surface area contributed by atoms with Crippen LogP contribution in [0.5, 0.6) is 0 Å². The van der Waals surface area contributed by atoms with Gasteiger partial charge in [-0.15, -0.1) is 0 Å². The minimum absolute atomic E-state index is 1.09. The Labute approximate surface area is 382 Å². The van der Waals surface area contributed by atoms with Crippen molar-refractivity contribution in [2.24, 2.45) is 0 Å². The van der Waals surface area contributed by atoms with E-state index in [1.807, 2.05) is 0 Å². The largest absolute Gasteiger partial charge is 0.354 e. The molecule has 0 saturated heterocycles. The van der Waals surface area contributed by atoms with Crippen molar-refractivity contribution in [3.63, 3.8) is 0 Å². The lowest BCUT2D eigenvalue weighted by Gasteiger charge is -1.99. The molecular formula is C36H16I8N4. The van der Waals surface area contributed by atoms with E-state index in [0.717, 1.165) is 44.2 Å².